The summed E-state index contributed by atoms with van der Waals surface area (Å²) in [6, 6.07) is 0. The van der Waals surface area contributed by atoms with Gasteiger partial charge in [-0.2, -0.15) is 0 Å². The molecule has 0 aromatic heterocycles. The van der Waals surface area contributed by atoms with Crippen molar-refractivity contribution >= 4 is 5.78 Å². The van der Waals surface area contributed by atoms with E-state index in [1.54, 1.807) is 0 Å². The van der Waals surface area contributed by atoms with E-state index in [1.807, 2.05) is 0 Å². The van der Waals surface area contributed by atoms with Gasteiger partial charge in [0.2, 0.25) is 0 Å². The highest BCUT2D eigenvalue weighted by Crippen LogP contribution is 2.32. The number of aliphatic hydroxyl groups is 10. The number of hydrogen-bond acceptors (Lipinski definition) is 16. The fraction of sp³-hybridized carbons (Fsp3) is 0.952. The Kier molecular flexibility index (Phi) is 10.7. The normalized spacial score (nSPS) is 49.1. The van der Waals surface area contributed by atoms with Crippen LogP contribution in [0.3, 0.4) is 0 Å². The standard InChI is InChI=1S/C21H36O16/c1-6(25)2-7-11(26)14(29)18(9(4-23)33-7)36-21-17(32)15(30)19(10(5-24)35-21)37-20-16(31)13(28)12(27)8(3-22)34-20/h7-24,26-32H,2-5H2,1H3/t7-,8?,9?,10?,11?,12+,13-,14+,15+,16?,17?,18+,19+,20+,21+/m0/s1. The minimum Gasteiger partial charge on any atom is -0.394 e. The molecule has 0 amide bonds. The summed E-state index contributed by atoms with van der Waals surface area (Å²) in [5.74, 6) is -0.335. The van der Waals surface area contributed by atoms with Crippen LogP contribution in [0, 0.1) is 0 Å². The van der Waals surface area contributed by atoms with E-state index in [0.29, 0.717) is 0 Å². The van der Waals surface area contributed by atoms with E-state index in [4.69, 9.17) is 23.7 Å². The zero-order valence-corrected chi connectivity index (χ0v) is 19.9. The van der Waals surface area contributed by atoms with Crippen LogP contribution in [0.25, 0.3) is 0 Å². The van der Waals surface area contributed by atoms with E-state index in [1.165, 1.54) is 6.92 Å². The molecule has 0 bridgehead atoms. The molecule has 216 valence electrons. The molecule has 0 spiro atoms. The molecule has 6 unspecified atom stereocenters. The van der Waals surface area contributed by atoms with Crippen LogP contribution in [0.15, 0.2) is 0 Å². The number of ketones is 1. The van der Waals surface area contributed by atoms with E-state index in [9.17, 15) is 55.9 Å². The number of hydrogen-bond donors (Lipinski definition) is 10. The Morgan fingerprint density at radius 3 is 1.46 bits per heavy atom. The Morgan fingerprint density at radius 2 is 0.973 bits per heavy atom. The molecule has 10 N–H and O–H groups in total. The van der Waals surface area contributed by atoms with Crippen LogP contribution in [0.4, 0.5) is 0 Å². The van der Waals surface area contributed by atoms with Gasteiger partial charge in [-0.3, -0.25) is 4.79 Å². The highest BCUT2D eigenvalue weighted by Gasteiger charge is 2.53. The molecule has 0 aromatic carbocycles. The highest BCUT2D eigenvalue weighted by molar-refractivity contribution is 5.76. The van der Waals surface area contributed by atoms with Gasteiger partial charge in [-0.25, -0.2) is 0 Å². The third kappa shape index (κ3) is 6.46. The Labute approximate surface area is 211 Å². The molecule has 0 aliphatic carbocycles. The van der Waals surface area contributed by atoms with Gasteiger partial charge in [0.15, 0.2) is 12.6 Å². The van der Waals surface area contributed by atoms with Crippen molar-refractivity contribution in [3.05, 3.63) is 0 Å². The molecule has 0 saturated carbocycles. The van der Waals surface area contributed by atoms with Crippen molar-refractivity contribution in [2.24, 2.45) is 0 Å². The van der Waals surface area contributed by atoms with Crippen molar-refractivity contribution in [3.8, 4) is 0 Å². The monoisotopic (exact) mass is 544 g/mol. The van der Waals surface area contributed by atoms with E-state index in [-0.39, 0.29) is 12.2 Å². The van der Waals surface area contributed by atoms with Gasteiger partial charge in [-0.1, -0.05) is 0 Å². The van der Waals surface area contributed by atoms with Crippen molar-refractivity contribution in [1.29, 1.82) is 0 Å². The van der Waals surface area contributed by atoms with Gasteiger partial charge in [-0.05, 0) is 6.92 Å². The number of carbonyl (C=O) groups excluding carboxylic acids is 1. The van der Waals surface area contributed by atoms with E-state index >= 15 is 0 Å². The highest BCUT2D eigenvalue weighted by atomic mass is 16.7. The SMILES string of the molecule is CC(=O)C[C@@H]1OC(CO)[C@@H](O[C@H]2OC(CO)[C@@H](O[C@H]3OC(CO)[C@@H](O)[C@H](O)C3O)[C@H](O)C2O)[C@H](O)C1O. The molecule has 37 heavy (non-hydrogen) atoms. The third-order valence-corrected chi connectivity index (χ3v) is 6.70. The minimum atomic E-state index is -1.91. The van der Waals surface area contributed by atoms with Crippen LogP contribution in [-0.2, 0) is 28.5 Å². The first-order chi connectivity index (χ1) is 17.4. The lowest BCUT2D eigenvalue weighted by Crippen LogP contribution is -2.66. The van der Waals surface area contributed by atoms with Gasteiger partial charge in [0.25, 0.3) is 0 Å². The van der Waals surface area contributed by atoms with E-state index in [0.717, 1.165) is 0 Å². The molecule has 3 aliphatic heterocycles. The van der Waals surface area contributed by atoms with Crippen LogP contribution in [0.5, 0.6) is 0 Å². The molecule has 16 nitrogen and oxygen atoms in total. The third-order valence-electron chi connectivity index (χ3n) is 6.70. The summed E-state index contributed by atoms with van der Waals surface area (Å²) < 4.78 is 27.2. The Balaban J connectivity index is 1.71. The Morgan fingerprint density at radius 1 is 0.568 bits per heavy atom. The molecule has 3 saturated heterocycles. The molecule has 3 heterocycles. The largest absolute Gasteiger partial charge is 0.394 e. The molecular weight excluding hydrogens is 508 g/mol. The van der Waals surface area contributed by atoms with E-state index < -0.39 is 112 Å². The number of rotatable bonds is 9. The van der Waals surface area contributed by atoms with Crippen LogP contribution in [0.1, 0.15) is 13.3 Å². The van der Waals surface area contributed by atoms with Crippen LogP contribution >= 0.6 is 0 Å². The van der Waals surface area contributed by atoms with Gasteiger partial charge in [0.05, 0.1) is 25.9 Å². The smallest absolute Gasteiger partial charge is 0.187 e. The lowest BCUT2D eigenvalue weighted by Gasteiger charge is -2.48. The van der Waals surface area contributed by atoms with Crippen molar-refractivity contribution in [1.82, 2.24) is 0 Å². The average Bonchev–Trinajstić information content (AvgIpc) is 2.87. The van der Waals surface area contributed by atoms with Gasteiger partial charge in [0.1, 0.15) is 79.0 Å². The number of carbonyl (C=O) groups is 1. The van der Waals surface area contributed by atoms with Crippen molar-refractivity contribution < 1.29 is 79.5 Å². The fourth-order valence-corrected chi connectivity index (χ4v) is 4.61. The van der Waals surface area contributed by atoms with Crippen molar-refractivity contribution in [2.45, 2.75) is 105 Å². The lowest BCUT2D eigenvalue weighted by atomic mass is 9.92. The maximum atomic E-state index is 11.4. The first-order valence-corrected chi connectivity index (χ1v) is 11.8. The molecule has 0 aromatic rings. The first-order valence-electron chi connectivity index (χ1n) is 11.8. The van der Waals surface area contributed by atoms with Crippen molar-refractivity contribution in [3.63, 3.8) is 0 Å². The van der Waals surface area contributed by atoms with Crippen molar-refractivity contribution in [2.75, 3.05) is 19.8 Å². The minimum absolute atomic E-state index is 0.244. The predicted octanol–water partition coefficient (Wildman–Crippen LogP) is -6.54. The molecule has 3 fully saturated rings. The molecule has 3 aliphatic rings. The second kappa shape index (κ2) is 12.9. The summed E-state index contributed by atoms with van der Waals surface area (Å²) in [6.45, 7) is -1.01. The topological polar surface area (TPSA) is 266 Å². The second-order valence-corrected chi connectivity index (χ2v) is 9.39. The second-order valence-electron chi connectivity index (χ2n) is 9.39. The number of ether oxygens (including phenoxy) is 5. The maximum absolute atomic E-state index is 11.4. The summed E-state index contributed by atoms with van der Waals surface area (Å²) in [5, 5.41) is 101. The van der Waals surface area contributed by atoms with E-state index in [2.05, 4.69) is 0 Å². The Bertz CT molecular complexity index is 735. The van der Waals surface area contributed by atoms with Gasteiger partial charge in [0, 0.05) is 6.42 Å². The first kappa shape index (κ1) is 30.6. The predicted molar refractivity (Wildman–Crippen MR) is 114 cm³/mol. The fourth-order valence-electron chi connectivity index (χ4n) is 4.61. The zero-order valence-electron chi connectivity index (χ0n) is 19.9. The summed E-state index contributed by atoms with van der Waals surface area (Å²) >= 11 is 0. The number of aliphatic hydroxyl groups excluding tert-OH is 10. The zero-order chi connectivity index (χ0) is 27.6. The van der Waals surface area contributed by atoms with Crippen LogP contribution in [-0.4, -0.2) is 169 Å². The summed E-state index contributed by atoms with van der Waals surface area (Å²) in [5.41, 5.74) is 0. The average molecular weight is 545 g/mol. The van der Waals surface area contributed by atoms with Crippen LogP contribution in [0.2, 0.25) is 0 Å². The van der Waals surface area contributed by atoms with Gasteiger partial charge < -0.3 is 74.7 Å². The number of Topliss-reactive ketones (excluding diaryl/α,β-unsaturated/α-hetero) is 1. The summed E-state index contributed by atoms with van der Waals surface area (Å²) in [4.78, 5) is 11.4. The molecule has 15 atom stereocenters. The van der Waals surface area contributed by atoms with Crippen LogP contribution < -0.4 is 0 Å². The maximum Gasteiger partial charge on any atom is 0.187 e. The Hall–Kier alpha value is -0.930. The molecule has 0 radical (unpaired) electrons. The summed E-state index contributed by atoms with van der Waals surface area (Å²) in [7, 11) is 0. The van der Waals surface area contributed by atoms with Gasteiger partial charge in [-0.15, -0.1) is 0 Å². The molecule has 3 rings (SSSR count). The summed E-state index contributed by atoms with van der Waals surface area (Å²) in [6.07, 6.45) is -24.3. The molecule has 16 heteroatoms. The molecular formula is C21H36O16. The lowest BCUT2D eigenvalue weighted by molar-refractivity contribution is -0.372. The quantitative estimate of drug-likeness (QED) is 0.129. The van der Waals surface area contributed by atoms with Gasteiger partial charge >= 0.3 is 0 Å².